The number of halogens is 2. The van der Waals surface area contributed by atoms with Crippen LogP contribution in [0, 0.1) is 6.92 Å². The van der Waals surface area contributed by atoms with Crippen molar-refractivity contribution in [2.75, 3.05) is 37.7 Å². The smallest absolute Gasteiger partial charge is 0.260 e. The zero-order valence-electron chi connectivity index (χ0n) is 17.1. The fourth-order valence-electron chi connectivity index (χ4n) is 3.43. The maximum atomic E-state index is 12.5. The van der Waals surface area contributed by atoms with Crippen molar-refractivity contribution in [3.05, 3.63) is 70.2 Å². The van der Waals surface area contributed by atoms with Crippen LogP contribution >= 0.6 is 23.2 Å². The molecule has 0 radical (unpaired) electrons. The molecule has 1 amide bonds. The number of carbonyl (C=O) groups is 1. The largest absolute Gasteiger partial charge is 0.484 e. The Balaban J connectivity index is 1.30. The summed E-state index contributed by atoms with van der Waals surface area (Å²) in [6, 6.07) is 16.8. The summed E-state index contributed by atoms with van der Waals surface area (Å²) in [6.45, 7) is 4.50. The second-order valence-corrected chi connectivity index (χ2v) is 8.14. The van der Waals surface area contributed by atoms with E-state index in [0.29, 0.717) is 42.0 Å². The maximum Gasteiger partial charge on any atom is 0.260 e. The lowest BCUT2D eigenvalue weighted by molar-refractivity contribution is -0.133. The van der Waals surface area contributed by atoms with Crippen LogP contribution < -0.4 is 9.64 Å². The fraction of sp³-hybridized carbons (Fsp3) is 0.261. The summed E-state index contributed by atoms with van der Waals surface area (Å²) < 4.78 is 5.64. The minimum absolute atomic E-state index is 0.00735. The number of rotatable bonds is 5. The molecule has 1 aliphatic rings. The van der Waals surface area contributed by atoms with E-state index in [4.69, 9.17) is 27.9 Å². The summed E-state index contributed by atoms with van der Waals surface area (Å²) in [5.74, 6) is 1.39. The molecule has 0 bridgehead atoms. The van der Waals surface area contributed by atoms with E-state index < -0.39 is 0 Å². The van der Waals surface area contributed by atoms with Crippen molar-refractivity contribution in [3.63, 3.8) is 0 Å². The highest BCUT2D eigenvalue weighted by molar-refractivity contribution is 6.33. The molecule has 2 heterocycles. The fourth-order valence-corrected chi connectivity index (χ4v) is 3.78. The molecule has 0 spiro atoms. The van der Waals surface area contributed by atoms with Gasteiger partial charge in [0.1, 0.15) is 5.75 Å². The Hall–Kier alpha value is -2.83. The van der Waals surface area contributed by atoms with Crippen LogP contribution in [0.25, 0.3) is 11.3 Å². The normalized spacial score (nSPS) is 13.9. The number of nitrogens with zero attached hydrogens (tertiary/aromatic N) is 4. The molecule has 0 unspecified atom stereocenters. The zero-order chi connectivity index (χ0) is 21.8. The molecule has 1 aliphatic heterocycles. The Kier molecular flexibility index (Phi) is 6.59. The molecule has 0 aliphatic carbocycles. The highest BCUT2D eigenvalue weighted by atomic mass is 35.5. The standard InChI is InChI=1S/C23H22Cl2N4O2/c1-16-14-17(6-7-19(16)24)31-15-23(30)29-12-10-28(11-13-29)22-9-8-21(26-27-22)18-4-2-3-5-20(18)25/h2-9,14H,10-13,15H2,1H3. The zero-order valence-corrected chi connectivity index (χ0v) is 18.6. The number of anilines is 1. The van der Waals surface area contributed by atoms with Crippen LogP contribution in [-0.4, -0.2) is 53.8 Å². The van der Waals surface area contributed by atoms with E-state index in [9.17, 15) is 4.79 Å². The summed E-state index contributed by atoms with van der Waals surface area (Å²) in [5.41, 5.74) is 2.51. The third-order valence-corrected chi connectivity index (χ3v) is 6.00. The number of benzene rings is 2. The van der Waals surface area contributed by atoms with Crippen LogP contribution in [-0.2, 0) is 4.79 Å². The molecule has 3 aromatic rings. The molecule has 0 N–H and O–H groups in total. The molecule has 0 atom stereocenters. The highest BCUT2D eigenvalue weighted by Gasteiger charge is 2.22. The summed E-state index contributed by atoms with van der Waals surface area (Å²) in [6.07, 6.45) is 0. The third-order valence-electron chi connectivity index (χ3n) is 5.25. The van der Waals surface area contributed by atoms with Gasteiger partial charge < -0.3 is 14.5 Å². The van der Waals surface area contributed by atoms with E-state index in [1.165, 1.54) is 0 Å². The van der Waals surface area contributed by atoms with Gasteiger partial charge in [0.05, 0.1) is 10.7 Å². The van der Waals surface area contributed by atoms with E-state index in [-0.39, 0.29) is 12.5 Å². The lowest BCUT2D eigenvalue weighted by Crippen LogP contribution is -2.50. The van der Waals surface area contributed by atoms with Crippen molar-refractivity contribution in [2.45, 2.75) is 6.92 Å². The molecular weight excluding hydrogens is 435 g/mol. The Morgan fingerprint density at radius 2 is 1.74 bits per heavy atom. The van der Waals surface area contributed by atoms with E-state index >= 15 is 0 Å². The second kappa shape index (κ2) is 9.54. The van der Waals surface area contributed by atoms with Crippen LogP contribution in [0.5, 0.6) is 5.75 Å². The average molecular weight is 457 g/mol. The molecular formula is C23H22Cl2N4O2. The Morgan fingerprint density at radius 1 is 0.968 bits per heavy atom. The number of hydrogen-bond acceptors (Lipinski definition) is 5. The van der Waals surface area contributed by atoms with Crippen LogP contribution in [0.15, 0.2) is 54.6 Å². The number of carbonyl (C=O) groups excluding carboxylic acids is 1. The van der Waals surface area contributed by atoms with Gasteiger partial charge in [-0.2, -0.15) is 0 Å². The van der Waals surface area contributed by atoms with Gasteiger partial charge in [-0.15, -0.1) is 10.2 Å². The quantitative estimate of drug-likeness (QED) is 0.565. The van der Waals surface area contributed by atoms with Crippen molar-refractivity contribution in [3.8, 4) is 17.0 Å². The first-order valence-electron chi connectivity index (χ1n) is 10.0. The Morgan fingerprint density at radius 3 is 2.42 bits per heavy atom. The van der Waals surface area contributed by atoms with Crippen molar-refractivity contribution >= 4 is 34.9 Å². The maximum absolute atomic E-state index is 12.5. The predicted molar refractivity (Wildman–Crippen MR) is 123 cm³/mol. The lowest BCUT2D eigenvalue weighted by atomic mass is 10.1. The van der Waals surface area contributed by atoms with Gasteiger partial charge >= 0.3 is 0 Å². The molecule has 31 heavy (non-hydrogen) atoms. The SMILES string of the molecule is Cc1cc(OCC(=O)N2CCN(c3ccc(-c4ccccc4Cl)nn3)CC2)ccc1Cl. The average Bonchev–Trinajstić information content (AvgIpc) is 2.80. The minimum Gasteiger partial charge on any atom is -0.484 e. The number of aryl methyl sites for hydroxylation is 1. The lowest BCUT2D eigenvalue weighted by Gasteiger charge is -2.35. The summed E-state index contributed by atoms with van der Waals surface area (Å²) in [5, 5.41) is 10.0. The molecule has 0 saturated carbocycles. The van der Waals surface area contributed by atoms with Gasteiger partial charge in [-0.05, 0) is 48.9 Å². The van der Waals surface area contributed by atoms with Gasteiger partial charge in [0.25, 0.3) is 5.91 Å². The van der Waals surface area contributed by atoms with Crippen molar-refractivity contribution < 1.29 is 9.53 Å². The van der Waals surface area contributed by atoms with Crippen molar-refractivity contribution in [1.82, 2.24) is 15.1 Å². The van der Waals surface area contributed by atoms with Crippen LogP contribution in [0.2, 0.25) is 10.0 Å². The summed E-state index contributed by atoms with van der Waals surface area (Å²) >= 11 is 12.3. The van der Waals surface area contributed by atoms with Crippen molar-refractivity contribution in [2.24, 2.45) is 0 Å². The van der Waals surface area contributed by atoms with E-state index in [1.54, 1.807) is 12.1 Å². The molecule has 160 valence electrons. The monoisotopic (exact) mass is 456 g/mol. The van der Waals surface area contributed by atoms with Gasteiger partial charge in [-0.1, -0.05) is 41.4 Å². The highest BCUT2D eigenvalue weighted by Crippen LogP contribution is 2.26. The van der Waals surface area contributed by atoms with Gasteiger partial charge in [-0.3, -0.25) is 4.79 Å². The van der Waals surface area contributed by atoms with Crippen LogP contribution in [0.1, 0.15) is 5.56 Å². The third kappa shape index (κ3) is 5.09. The Bertz CT molecular complexity index is 1070. The number of aromatic nitrogens is 2. The second-order valence-electron chi connectivity index (χ2n) is 7.32. The summed E-state index contributed by atoms with van der Waals surface area (Å²) in [7, 11) is 0. The van der Waals surface area contributed by atoms with Crippen molar-refractivity contribution in [1.29, 1.82) is 0 Å². The van der Waals surface area contributed by atoms with E-state index in [0.717, 1.165) is 22.6 Å². The number of hydrogen-bond donors (Lipinski definition) is 0. The topological polar surface area (TPSA) is 58.6 Å². The molecule has 4 rings (SSSR count). The van der Waals surface area contributed by atoms with Gasteiger partial charge in [0, 0.05) is 36.8 Å². The van der Waals surface area contributed by atoms with Crippen LogP contribution in [0.3, 0.4) is 0 Å². The first-order chi connectivity index (χ1) is 15.0. The molecule has 2 aromatic carbocycles. The van der Waals surface area contributed by atoms with Gasteiger partial charge in [0.15, 0.2) is 12.4 Å². The molecule has 6 nitrogen and oxygen atoms in total. The van der Waals surface area contributed by atoms with Gasteiger partial charge in [-0.25, -0.2) is 0 Å². The predicted octanol–water partition coefficient (Wildman–Crippen LogP) is 4.49. The summed E-state index contributed by atoms with van der Waals surface area (Å²) in [4.78, 5) is 16.4. The molecule has 1 saturated heterocycles. The van der Waals surface area contributed by atoms with E-state index in [2.05, 4.69) is 15.1 Å². The molecule has 8 heteroatoms. The molecule has 1 fully saturated rings. The number of ether oxygens (including phenoxy) is 1. The van der Waals surface area contributed by atoms with Gasteiger partial charge in [0.2, 0.25) is 0 Å². The first kappa shape index (κ1) is 21.4. The van der Waals surface area contributed by atoms with Crippen LogP contribution in [0.4, 0.5) is 5.82 Å². The number of amides is 1. The molecule has 1 aromatic heterocycles. The minimum atomic E-state index is -0.0348. The first-order valence-corrected chi connectivity index (χ1v) is 10.8. The Labute approximate surface area is 191 Å². The number of piperazine rings is 1. The van der Waals surface area contributed by atoms with E-state index in [1.807, 2.05) is 54.3 Å².